The van der Waals surface area contributed by atoms with Crippen LogP contribution in [0.3, 0.4) is 0 Å². The number of fused-ring (bicyclic) bond motifs is 1. The van der Waals surface area contributed by atoms with Crippen molar-refractivity contribution in [2.24, 2.45) is 11.8 Å². The van der Waals surface area contributed by atoms with E-state index in [1.165, 1.54) is 38.5 Å². The first-order valence-electron chi connectivity index (χ1n) is 5.92. The van der Waals surface area contributed by atoms with Gasteiger partial charge in [-0.05, 0) is 37.5 Å². The number of methoxy groups -OCH3 is 2. The van der Waals surface area contributed by atoms with Gasteiger partial charge in [-0.3, -0.25) is 0 Å². The van der Waals surface area contributed by atoms with Gasteiger partial charge in [-0.25, -0.2) is 0 Å². The van der Waals surface area contributed by atoms with Gasteiger partial charge >= 0.3 is 0 Å². The molecule has 0 aromatic carbocycles. The Morgan fingerprint density at radius 2 is 1.14 bits per heavy atom. The second-order valence-corrected chi connectivity index (χ2v) is 4.74. The molecule has 2 saturated carbocycles. The monoisotopic (exact) mass is 198 g/mol. The van der Waals surface area contributed by atoms with Crippen LogP contribution in [0.5, 0.6) is 0 Å². The lowest BCUT2D eigenvalue weighted by molar-refractivity contribution is -0.0905. The maximum atomic E-state index is 5.60. The fraction of sp³-hybridized carbons (Fsp3) is 1.00. The highest BCUT2D eigenvalue weighted by atomic mass is 16.5. The highest BCUT2D eigenvalue weighted by molar-refractivity contribution is 4.91. The summed E-state index contributed by atoms with van der Waals surface area (Å²) in [6.45, 7) is 0. The zero-order chi connectivity index (χ0) is 9.97. The van der Waals surface area contributed by atoms with Crippen LogP contribution in [0.4, 0.5) is 0 Å². The van der Waals surface area contributed by atoms with E-state index in [1.807, 2.05) is 14.2 Å². The molecule has 0 bridgehead atoms. The third-order valence-corrected chi connectivity index (χ3v) is 4.17. The molecule has 0 amide bonds. The molecule has 0 radical (unpaired) electrons. The van der Waals surface area contributed by atoms with Gasteiger partial charge in [0, 0.05) is 14.2 Å². The number of rotatable bonds is 2. The molecule has 82 valence electrons. The zero-order valence-electron chi connectivity index (χ0n) is 9.37. The smallest absolute Gasteiger partial charge is 0.0604 e. The standard InChI is InChI=1S/C12H22O2/c1-13-11-7-8-12(14-2)10-6-4-3-5-9(10)11/h9-12H,3-8H2,1-2H3/t9-,10+,11-,12-/m0/s1. The van der Waals surface area contributed by atoms with E-state index >= 15 is 0 Å². The Hall–Kier alpha value is -0.0800. The summed E-state index contributed by atoms with van der Waals surface area (Å²) >= 11 is 0. The molecule has 2 nitrogen and oxygen atoms in total. The summed E-state index contributed by atoms with van der Waals surface area (Å²) in [5, 5.41) is 0. The lowest BCUT2D eigenvalue weighted by Gasteiger charge is -2.44. The van der Waals surface area contributed by atoms with Gasteiger partial charge in [0.15, 0.2) is 0 Å². The molecule has 0 heterocycles. The summed E-state index contributed by atoms with van der Waals surface area (Å²) in [6, 6.07) is 0. The Morgan fingerprint density at radius 3 is 1.50 bits per heavy atom. The van der Waals surface area contributed by atoms with E-state index in [1.54, 1.807) is 0 Å². The van der Waals surface area contributed by atoms with Gasteiger partial charge in [0.25, 0.3) is 0 Å². The minimum Gasteiger partial charge on any atom is -0.381 e. The molecule has 0 N–H and O–H groups in total. The minimum atomic E-state index is 0.506. The minimum absolute atomic E-state index is 0.506. The van der Waals surface area contributed by atoms with Crippen LogP contribution >= 0.6 is 0 Å². The highest BCUT2D eigenvalue weighted by Gasteiger charge is 2.40. The molecule has 2 fully saturated rings. The van der Waals surface area contributed by atoms with Gasteiger partial charge in [-0.2, -0.15) is 0 Å². The topological polar surface area (TPSA) is 18.5 Å². The average Bonchev–Trinajstić information content (AvgIpc) is 2.27. The van der Waals surface area contributed by atoms with E-state index in [0.29, 0.717) is 12.2 Å². The Kier molecular flexibility index (Phi) is 3.45. The van der Waals surface area contributed by atoms with Crippen LogP contribution in [0, 0.1) is 11.8 Å². The van der Waals surface area contributed by atoms with Crippen molar-refractivity contribution in [1.29, 1.82) is 0 Å². The molecule has 0 saturated heterocycles. The third-order valence-electron chi connectivity index (χ3n) is 4.17. The van der Waals surface area contributed by atoms with Crippen molar-refractivity contribution in [1.82, 2.24) is 0 Å². The molecular formula is C12H22O2. The van der Waals surface area contributed by atoms with Crippen molar-refractivity contribution in [3.8, 4) is 0 Å². The second kappa shape index (κ2) is 4.63. The van der Waals surface area contributed by atoms with Crippen LogP contribution in [-0.4, -0.2) is 26.4 Å². The molecule has 0 aromatic heterocycles. The van der Waals surface area contributed by atoms with Gasteiger partial charge in [0.05, 0.1) is 12.2 Å². The van der Waals surface area contributed by atoms with Crippen molar-refractivity contribution in [3.05, 3.63) is 0 Å². The predicted octanol–water partition coefficient (Wildman–Crippen LogP) is 2.62. The van der Waals surface area contributed by atoms with Crippen LogP contribution in [0.15, 0.2) is 0 Å². The van der Waals surface area contributed by atoms with Gasteiger partial charge in [0.1, 0.15) is 0 Å². The fourth-order valence-electron chi connectivity index (χ4n) is 3.45. The van der Waals surface area contributed by atoms with E-state index in [2.05, 4.69) is 0 Å². The molecule has 2 heteroatoms. The predicted molar refractivity (Wildman–Crippen MR) is 56.3 cm³/mol. The molecule has 2 aliphatic rings. The first kappa shape index (κ1) is 10.4. The Labute approximate surface area is 87.0 Å². The largest absolute Gasteiger partial charge is 0.381 e. The SMILES string of the molecule is CO[C@H]1CC[C@H](OC)[C@H]2CCCC[C@H]21. The maximum Gasteiger partial charge on any atom is 0.0604 e. The Balaban J connectivity index is 2.05. The molecule has 0 aliphatic heterocycles. The molecule has 0 spiro atoms. The first-order chi connectivity index (χ1) is 6.86. The fourth-order valence-corrected chi connectivity index (χ4v) is 3.45. The van der Waals surface area contributed by atoms with Crippen molar-refractivity contribution in [2.75, 3.05) is 14.2 Å². The van der Waals surface area contributed by atoms with Crippen molar-refractivity contribution < 1.29 is 9.47 Å². The number of ether oxygens (including phenoxy) is 2. The van der Waals surface area contributed by atoms with Crippen molar-refractivity contribution in [2.45, 2.75) is 50.7 Å². The average molecular weight is 198 g/mol. The summed E-state index contributed by atoms with van der Waals surface area (Å²) in [7, 11) is 3.73. The van der Waals surface area contributed by atoms with Gasteiger partial charge < -0.3 is 9.47 Å². The molecule has 0 aromatic rings. The lowest BCUT2D eigenvalue weighted by Crippen LogP contribution is -2.44. The molecule has 2 aliphatic carbocycles. The molecule has 14 heavy (non-hydrogen) atoms. The van der Waals surface area contributed by atoms with Gasteiger partial charge in [0.2, 0.25) is 0 Å². The zero-order valence-corrected chi connectivity index (χ0v) is 9.37. The molecule has 2 rings (SSSR count). The normalized spacial score (nSPS) is 43.3. The van der Waals surface area contributed by atoms with Crippen molar-refractivity contribution >= 4 is 0 Å². The van der Waals surface area contributed by atoms with E-state index < -0.39 is 0 Å². The van der Waals surface area contributed by atoms with Crippen molar-refractivity contribution in [3.63, 3.8) is 0 Å². The first-order valence-corrected chi connectivity index (χ1v) is 5.92. The van der Waals surface area contributed by atoms with Crippen LogP contribution in [-0.2, 0) is 9.47 Å². The molecule has 4 atom stereocenters. The van der Waals surface area contributed by atoms with Crippen LogP contribution in [0.25, 0.3) is 0 Å². The van der Waals surface area contributed by atoms with E-state index in [0.717, 1.165) is 11.8 Å². The summed E-state index contributed by atoms with van der Waals surface area (Å²) in [4.78, 5) is 0. The summed E-state index contributed by atoms with van der Waals surface area (Å²) < 4.78 is 11.2. The van der Waals surface area contributed by atoms with Crippen LogP contribution < -0.4 is 0 Å². The van der Waals surface area contributed by atoms with Gasteiger partial charge in [-0.1, -0.05) is 12.8 Å². The Morgan fingerprint density at radius 1 is 0.714 bits per heavy atom. The quantitative estimate of drug-likeness (QED) is 0.679. The van der Waals surface area contributed by atoms with E-state index in [-0.39, 0.29) is 0 Å². The second-order valence-electron chi connectivity index (χ2n) is 4.74. The lowest BCUT2D eigenvalue weighted by atomic mass is 9.68. The summed E-state index contributed by atoms with van der Waals surface area (Å²) in [6.07, 6.45) is 8.87. The van der Waals surface area contributed by atoms with E-state index in [9.17, 15) is 0 Å². The highest BCUT2D eigenvalue weighted by Crippen LogP contribution is 2.42. The summed E-state index contributed by atoms with van der Waals surface area (Å²) in [5.41, 5.74) is 0. The molecule has 0 unspecified atom stereocenters. The van der Waals surface area contributed by atoms with Crippen LogP contribution in [0.1, 0.15) is 38.5 Å². The number of hydrogen-bond donors (Lipinski definition) is 0. The van der Waals surface area contributed by atoms with Crippen LogP contribution in [0.2, 0.25) is 0 Å². The number of hydrogen-bond acceptors (Lipinski definition) is 2. The van der Waals surface area contributed by atoms with E-state index in [4.69, 9.17) is 9.47 Å². The Bertz CT molecular complexity index is 161. The molecular weight excluding hydrogens is 176 g/mol. The maximum absolute atomic E-state index is 5.60. The third kappa shape index (κ3) is 1.82. The van der Waals surface area contributed by atoms with Gasteiger partial charge in [-0.15, -0.1) is 0 Å². The summed E-state index contributed by atoms with van der Waals surface area (Å²) in [5.74, 6) is 1.54.